The van der Waals surface area contributed by atoms with Gasteiger partial charge in [-0.25, -0.2) is 0 Å². The van der Waals surface area contributed by atoms with Crippen LogP contribution >= 0.6 is 11.8 Å². The van der Waals surface area contributed by atoms with E-state index < -0.39 is 6.23 Å². The predicted molar refractivity (Wildman–Crippen MR) is 131 cm³/mol. The van der Waals surface area contributed by atoms with E-state index in [2.05, 4.69) is 15.2 Å². The monoisotopic (exact) mass is 470 g/mol. The zero-order valence-electron chi connectivity index (χ0n) is 18.7. The van der Waals surface area contributed by atoms with Crippen LogP contribution in [0.3, 0.4) is 0 Å². The van der Waals surface area contributed by atoms with Crippen molar-refractivity contribution in [3.63, 3.8) is 0 Å². The third-order valence-corrected chi connectivity index (χ3v) is 5.99. The third-order valence-electron chi connectivity index (χ3n) is 5.46. The minimum Gasteiger partial charge on any atom is -0.488 e. The number of hydrogen-bond acceptors (Lipinski definition) is 7. The van der Waals surface area contributed by atoms with Gasteiger partial charge in [0.25, 0.3) is 0 Å². The second-order valence-electron chi connectivity index (χ2n) is 7.64. The molecule has 0 aliphatic carbocycles. The van der Waals surface area contributed by atoms with Crippen LogP contribution in [0.1, 0.15) is 24.3 Å². The van der Waals surface area contributed by atoms with Crippen LogP contribution in [0.25, 0.3) is 11.3 Å². The summed E-state index contributed by atoms with van der Waals surface area (Å²) in [4.78, 5) is 19.2. The average molecular weight is 471 g/mol. The highest BCUT2D eigenvalue weighted by molar-refractivity contribution is 7.98. The van der Waals surface area contributed by atoms with Gasteiger partial charge < -0.3 is 9.47 Å². The smallest absolute Gasteiger partial charge is 0.247 e. The molecule has 2 heterocycles. The molecule has 0 fully saturated rings. The molecular formula is C26H22N4O3S. The van der Waals surface area contributed by atoms with Gasteiger partial charge in [0.2, 0.25) is 23.2 Å². The molecule has 170 valence electrons. The zero-order valence-corrected chi connectivity index (χ0v) is 19.5. The number of aromatic nitrogens is 3. The summed E-state index contributed by atoms with van der Waals surface area (Å²) in [5, 5.41) is 9.06. The molecule has 0 spiro atoms. The van der Waals surface area contributed by atoms with Gasteiger partial charge >= 0.3 is 0 Å². The zero-order chi connectivity index (χ0) is 23.5. The van der Waals surface area contributed by atoms with Crippen molar-refractivity contribution in [3.8, 4) is 22.9 Å². The van der Waals surface area contributed by atoms with Crippen molar-refractivity contribution in [1.29, 1.82) is 0 Å². The highest BCUT2D eigenvalue weighted by atomic mass is 32.2. The molecule has 0 saturated heterocycles. The number of amides is 1. The molecule has 1 atom stereocenters. The molecule has 0 radical (unpaired) electrons. The van der Waals surface area contributed by atoms with Crippen LogP contribution in [0, 0.1) is 0 Å². The summed E-state index contributed by atoms with van der Waals surface area (Å²) >= 11 is 1.37. The molecule has 1 amide bonds. The SMILES string of the molecule is CSc1nnc2c(n1)OC(c1ccccc1OCc1ccccc1)N(C(C)=O)c1ccccc1-2. The Bertz CT molecular complexity index is 1330. The second-order valence-corrected chi connectivity index (χ2v) is 8.41. The van der Waals surface area contributed by atoms with Crippen LogP contribution in [0.5, 0.6) is 11.6 Å². The first-order chi connectivity index (χ1) is 16.7. The number of anilines is 1. The lowest BCUT2D eigenvalue weighted by atomic mass is 10.1. The Morgan fingerprint density at radius 3 is 2.53 bits per heavy atom. The quantitative estimate of drug-likeness (QED) is 0.367. The Hall–Kier alpha value is -3.91. The maximum absolute atomic E-state index is 13.0. The van der Waals surface area contributed by atoms with E-state index in [-0.39, 0.29) is 5.91 Å². The molecule has 7 nitrogen and oxygen atoms in total. The van der Waals surface area contributed by atoms with E-state index in [1.165, 1.54) is 18.7 Å². The summed E-state index contributed by atoms with van der Waals surface area (Å²) in [6.07, 6.45) is 1.07. The number of hydrogen-bond donors (Lipinski definition) is 0. The van der Waals surface area contributed by atoms with E-state index in [0.717, 1.165) is 11.1 Å². The Labute approximate surface area is 201 Å². The van der Waals surface area contributed by atoms with E-state index in [4.69, 9.17) is 9.47 Å². The third kappa shape index (κ3) is 4.20. The van der Waals surface area contributed by atoms with Crippen molar-refractivity contribution in [2.45, 2.75) is 24.9 Å². The molecule has 1 unspecified atom stereocenters. The van der Waals surface area contributed by atoms with E-state index >= 15 is 0 Å². The van der Waals surface area contributed by atoms with E-state index in [1.54, 1.807) is 4.90 Å². The van der Waals surface area contributed by atoms with Crippen molar-refractivity contribution >= 4 is 23.4 Å². The number of carbonyl (C=O) groups excluding carboxylic acids is 1. The number of ether oxygens (including phenoxy) is 2. The topological polar surface area (TPSA) is 77.4 Å². The molecule has 1 aliphatic heterocycles. The van der Waals surface area contributed by atoms with Crippen LogP contribution in [-0.4, -0.2) is 27.3 Å². The maximum atomic E-state index is 13.0. The minimum atomic E-state index is -0.807. The lowest BCUT2D eigenvalue weighted by Gasteiger charge is -2.30. The lowest BCUT2D eigenvalue weighted by molar-refractivity contribution is -0.118. The van der Waals surface area contributed by atoms with Crippen molar-refractivity contribution in [3.05, 3.63) is 90.0 Å². The van der Waals surface area contributed by atoms with Gasteiger partial charge in [0.15, 0.2) is 5.69 Å². The van der Waals surface area contributed by atoms with Gasteiger partial charge in [-0.1, -0.05) is 72.4 Å². The summed E-state index contributed by atoms with van der Waals surface area (Å²) in [6, 6.07) is 25.0. The number of carbonyl (C=O) groups is 1. The van der Waals surface area contributed by atoms with Gasteiger partial charge in [0.1, 0.15) is 12.4 Å². The van der Waals surface area contributed by atoms with Crippen molar-refractivity contribution < 1.29 is 14.3 Å². The summed E-state index contributed by atoms with van der Waals surface area (Å²) < 4.78 is 12.6. The van der Waals surface area contributed by atoms with Crippen LogP contribution in [0.15, 0.2) is 84.0 Å². The molecule has 3 aromatic carbocycles. The Kier molecular flexibility index (Phi) is 6.14. The molecule has 5 rings (SSSR count). The van der Waals surface area contributed by atoms with Gasteiger partial charge in [-0.05, 0) is 30.0 Å². The van der Waals surface area contributed by atoms with Gasteiger partial charge in [-0.3, -0.25) is 9.69 Å². The number of fused-ring (bicyclic) bond motifs is 3. The van der Waals surface area contributed by atoms with Crippen LogP contribution in [0.2, 0.25) is 0 Å². The highest BCUT2D eigenvalue weighted by Crippen LogP contribution is 2.44. The first-order valence-corrected chi connectivity index (χ1v) is 12.0. The fourth-order valence-electron chi connectivity index (χ4n) is 3.89. The van der Waals surface area contributed by atoms with E-state index in [9.17, 15) is 4.79 Å². The Morgan fingerprint density at radius 2 is 1.74 bits per heavy atom. The Morgan fingerprint density at radius 1 is 1.00 bits per heavy atom. The molecule has 1 aliphatic rings. The molecular weight excluding hydrogens is 448 g/mol. The minimum absolute atomic E-state index is 0.179. The fourth-order valence-corrected chi connectivity index (χ4v) is 4.19. The second kappa shape index (κ2) is 9.52. The lowest BCUT2D eigenvalue weighted by Crippen LogP contribution is -2.36. The number of rotatable bonds is 5. The van der Waals surface area contributed by atoms with Gasteiger partial charge in [0.05, 0.1) is 11.3 Å². The largest absolute Gasteiger partial charge is 0.488 e. The number of thioether (sulfide) groups is 1. The van der Waals surface area contributed by atoms with Crippen molar-refractivity contribution in [2.75, 3.05) is 11.2 Å². The standard InChI is InChI=1S/C26H22N4O3S/c1-17(31)30-21-14-8-6-12-19(21)23-24(27-26(34-2)29-28-23)33-25(30)20-13-7-9-15-22(20)32-16-18-10-4-3-5-11-18/h3-15,25H,16H2,1-2H3. The van der Waals surface area contributed by atoms with Gasteiger partial charge in [-0.2, -0.15) is 4.98 Å². The van der Waals surface area contributed by atoms with Crippen molar-refractivity contribution in [1.82, 2.24) is 15.2 Å². The first kappa shape index (κ1) is 21.9. The van der Waals surface area contributed by atoms with Gasteiger partial charge in [-0.15, -0.1) is 10.2 Å². The molecule has 0 bridgehead atoms. The molecule has 0 N–H and O–H groups in total. The summed E-state index contributed by atoms with van der Waals surface area (Å²) in [7, 11) is 0. The molecule has 1 aromatic heterocycles. The molecule has 0 saturated carbocycles. The van der Waals surface area contributed by atoms with E-state index in [0.29, 0.717) is 40.3 Å². The summed E-state index contributed by atoms with van der Waals surface area (Å²) in [5.74, 6) is 0.759. The van der Waals surface area contributed by atoms with E-state index in [1.807, 2.05) is 85.1 Å². The Balaban J connectivity index is 1.63. The normalized spacial score (nSPS) is 14.4. The number of para-hydroxylation sites is 2. The summed E-state index contributed by atoms with van der Waals surface area (Å²) in [5.41, 5.74) is 3.64. The average Bonchev–Trinajstić information content (AvgIpc) is 3.02. The molecule has 8 heteroatoms. The van der Waals surface area contributed by atoms with Crippen LogP contribution in [-0.2, 0) is 11.4 Å². The number of nitrogens with zero attached hydrogens (tertiary/aromatic N) is 4. The molecule has 34 heavy (non-hydrogen) atoms. The van der Waals surface area contributed by atoms with Crippen molar-refractivity contribution in [2.24, 2.45) is 0 Å². The number of benzene rings is 3. The van der Waals surface area contributed by atoms with Gasteiger partial charge in [0, 0.05) is 12.5 Å². The highest BCUT2D eigenvalue weighted by Gasteiger charge is 2.36. The summed E-state index contributed by atoms with van der Waals surface area (Å²) in [6.45, 7) is 1.90. The fraction of sp³-hybridized carbons (Fsp3) is 0.154. The van der Waals surface area contributed by atoms with Crippen LogP contribution < -0.4 is 14.4 Å². The first-order valence-electron chi connectivity index (χ1n) is 10.8. The maximum Gasteiger partial charge on any atom is 0.247 e. The van der Waals surface area contributed by atoms with Crippen LogP contribution in [0.4, 0.5) is 5.69 Å². The molecule has 4 aromatic rings. The predicted octanol–water partition coefficient (Wildman–Crippen LogP) is 5.28.